The average molecular weight is 533 g/mol. The Morgan fingerprint density at radius 3 is 1.17 bits per heavy atom. The Bertz CT molecular complexity index is 681. The second kappa shape index (κ2) is 18.4. The molecule has 6 nitrogen and oxygen atoms in total. The fourth-order valence-corrected chi connectivity index (χ4v) is 4.75. The molecule has 0 aliphatic carbocycles. The number of carbonyl (C=O) groups is 2. The quantitative estimate of drug-likeness (QED) is 0.531. The molecule has 2 rings (SSSR count). The van der Waals surface area contributed by atoms with Crippen molar-refractivity contribution in [2.45, 2.75) is 25.4 Å². The van der Waals surface area contributed by atoms with Gasteiger partial charge in [0.15, 0.2) is 0 Å². The molecule has 2 aromatic rings. The number of hydrogen-bond acceptors (Lipinski definition) is 4. The van der Waals surface area contributed by atoms with Crippen LogP contribution < -0.4 is 0 Å². The summed E-state index contributed by atoms with van der Waals surface area (Å²) in [5.74, 6) is 0.412. The molecule has 0 saturated carbocycles. The molecule has 9 heteroatoms. The van der Waals surface area contributed by atoms with Crippen LogP contribution in [0.2, 0.25) is 0 Å². The maximum absolute atomic E-state index is 11.9. The van der Waals surface area contributed by atoms with Crippen molar-refractivity contribution in [3.63, 3.8) is 0 Å². The normalized spacial score (nSPS) is 11.2. The predicted molar refractivity (Wildman–Crippen MR) is 113 cm³/mol. The minimum Gasteiger partial charge on any atom is -0.481 e. The fraction of sp³-hybridized carbons (Fsp3) is 0.300. The summed E-state index contributed by atoms with van der Waals surface area (Å²) in [7, 11) is -1.89. The summed E-state index contributed by atoms with van der Waals surface area (Å²) in [6.45, 7) is 2.17. The number of hydrogen-bond donors (Lipinski definition) is 2. The summed E-state index contributed by atoms with van der Waals surface area (Å²) in [5.41, 5.74) is 2.14. The van der Waals surface area contributed by atoms with Crippen LogP contribution in [0.4, 0.5) is 0 Å². The van der Waals surface area contributed by atoms with E-state index >= 15 is 0 Å². The number of rotatable bonds is 7. The van der Waals surface area contributed by atoms with Gasteiger partial charge in [-0.25, -0.2) is 0 Å². The van der Waals surface area contributed by atoms with Gasteiger partial charge < -0.3 is 10.2 Å². The van der Waals surface area contributed by atoms with Crippen molar-refractivity contribution < 1.29 is 48.6 Å². The monoisotopic (exact) mass is 532 g/mol. The largest absolute Gasteiger partial charge is 0.481 e. The molecule has 2 N–H and O–H groups in total. The van der Waals surface area contributed by atoms with Crippen LogP contribution in [-0.4, -0.2) is 42.1 Å². The van der Waals surface area contributed by atoms with Crippen molar-refractivity contribution in [1.29, 1.82) is 0 Å². The zero-order valence-corrected chi connectivity index (χ0v) is 19.4. The van der Waals surface area contributed by atoms with Gasteiger partial charge in [-0.15, -0.1) is 0 Å². The minimum atomic E-state index is -0.943. The van der Waals surface area contributed by atoms with Crippen LogP contribution in [0.25, 0.3) is 0 Å². The molecule has 0 saturated heterocycles. The maximum atomic E-state index is 11.9. The van der Waals surface area contributed by atoms with Crippen LogP contribution in [0.15, 0.2) is 60.7 Å². The first-order valence-corrected chi connectivity index (χ1v) is 11.3. The third-order valence-corrected chi connectivity index (χ3v) is 5.77. The fourth-order valence-electron chi connectivity index (χ4n) is 1.85. The van der Waals surface area contributed by atoms with Gasteiger partial charge in [-0.05, 0) is 11.1 Å². The Labute approximate surface area is 190 Å². The van der Waals surface area contributed by atoms with Crippen LogP contribution in [0, 0.1) is 0 Å². The van der Waals surface area contributed by atoms with E-state index in [9.17, 15) is 8.42 Å². The van der Waals surface area contributed by atoms with Crippen LogP contribution >= 0.6 is 0 Å². The van der Waals surface area contributed by atoms with Crippen molar-refractivity contribution in [2.24, 2.45) is 0 Å². The van der Waals surface area contributed by atoms with Gasteiger partial charge in [-0.3, -0.25) is 18.0 Å². The first-order valence-electron chi connectivity index (χ1n) is 8.37. The zero-order chi connectivity index (χ0) is 21.4. The molecule has 0 spiro atoms. The van der Waals surface area contributed by atoms with Crippen LogP contribution in [-0.2, 0) is 63.1 Å². The molecule has 0 aromatic heterocycles. The molecule has 2 unspecified atom stereocenters. The molecule has 0 aliphatic heterocycles. The summed E-state index contributed by atoms with van der Waals surface area (Å²) < 4.78 is 23.9. The van der Waals surface area contributed by atoms with E-state index < -0.39 is 33.5 Å². The standard InChI is InChI=1S/C16H18O2S2.2C2H4O2.Pd/c17-19(13-15-7-3-1-4-8-15)11-12-20(18)14-16-9-5-2-6-10-16;2*1-2(3)4;/h1-10H,11-14H2;2*1H3,(H,3,4);. The van der Waals surface area contributed by atoms with E-state index in [1.807, 2.05) is 60.7 Å². The first-order chi connectivity index (χ1) is 13.2. The minimum absolute atomic E-state index is 0. The number of carboxylic acids is 2. The first kappa shape index (κ1) is 29.5. The van der Waals surface area contributed by atoms with Crippen LogP contribution in [0.5, 0.6) is 0 Å². The molecular weight excluding hydrogens is 507 g/mol. The Balaban J connectivity index is 0. The summed E-state index contributed by atoms with van der Waals surface area (Å²) >= 11 is 0. The SMILES string of the molecule is CC(=O)O.CC(=O)O.O=S(CCS(=O)Cc1ccccc1)Cc1ccccc1.[Pd]. The van der Waals surface area contributed by atoms with Gasteiger partial charge in [0.25, 0.3) is 11.9 Å². The Morgan fingerprint density at radius 2 is 0.931 bits per heavy atom. The van der Waals surface area contributed by atoms with E-state index in [4.69, 9.17) is 19.8 Å². The second-order valence-corrected chi connectivity index (χ2v) is 8.74. The van der Waals surface area contributed by atoms with E-state index in [0.29, 0.717) is 23.0 Å². The summed E-state index contributed by atoms with van der Waals surface area (Å²) in [6.07, 6.45) is 0. The van der Waals surface area contributed by atoms with Gasteiger partial charge in [-0.1, -0.05) is 60.7 Å². The van der Waals surface area contributed by atoms with Gasteiger partial charge in [0.05, 0.1) is 0 Å². The van der Waals surface area contributed by atoms with Gasteiger partial charge >= 0.3 is 0 Å². The molecule has 0 fully saturated rings. The van der Waals surface area contributed by atoms with Crippen molar-refractivity contribution in [1.82, 2.24) is 0 Å². The van der Waals surface area contributed by atoms with E-state index in [1.54, 1.807) is 0 Å². The van der Waals surface area contributed by atoms with Crippen LogP contribution in [0.1, 0.15) is 25.0 Å². The molecule has 2 aromatic carbocycles. The molecule has 0 heterocycles. The summed E-state index contributed by atoms with van der Waals surface area (Å²) in [5, 5.41) is 14.8. The Kier molecular flexibility index (Phi) is 18.7. The third kappa shape index (κ3) is 20.9. The van der Waals surface area contributed by atoms with E-state index in [2.05, 4.69) is 0 Å². The van der Waals surface area contributed by atoms with Crippen molar-refractivity contribution in [3.8, 4) is 0 Å². The number of benzene rings is 2. The molecule has 2 atom stereocenters. The average Bonchev–Trinajstić information content (AvgIpc) is 2.61. The molecule has 0 amide bonds. The smallest absolute Gasteiger partial charge is 0.300 e. The second-order valence-electron chi connectivity index (χ2n) is 5.59. The van der Waals surface area contributed by atoms with Crippen molar-refractivity contribution >= 4 is 33.5 Å². The maximum Gasteiger partial charge on any atom is 0.300 e. The van der Waals surface area contributed by atoms with Crippen molar-refractivity contribution in [3.05, 3.63) is 71.8 Å². The molecule has 0 bridgehead atoms. The van der Waals surface area contributed by atoms with Crippen LogP contribution in [0.3, 0.4) is 0 Å². The van der Waals surface area contributed by atoms with E-state index in [1.165, 1.54) is 0 Å². The van der Waals surface area contributed by atoms with Gasteiger partial charge in [0.2, 0.25) is 0 Å². The van der Waals surface area contributed by atoms with E-state index in [-0.39, 0.29) is 20.4 Å². The topological polar surface area (TPSA) is 109 Å². The summed E-state index contributed by atoms with van der Waals surface area (Å²) in [4.78, 5) is 18.0. The van der Waals surface area contributed by atoms with Crippen molar-refractivity contribution in [2.75, 3.05) is 11.5 Å². The predicted octanol–water partition coefficient (Wildman–Crippen LogP) is 3.06. The molecule has 29 heavy (non-hydrogen) atoms. The summed E-state index contributed by atoms with van der Waals surface area (Å²) in [6, 6.07) is 19.6. The molecule has 0 radical (unpaired) electrons. The number of aliphatic carboxylic acids is 2. The zero-order valence-electron chi connectivity index (χ0n) is 16.3. The Hall–Kier alpha value is -1.66. The van der Waals surface area contributed by atoms with Gasteiger partial charge in [-0.2, -0.15) is 0 Å². The molecule has 0 aliphatic rings. The van der Waals surface area contributed by atoms with E-state index in [0.717, 1.165) is 25.0 Å². The Morgan fingerprint density at radius 1 is 0.690 bits per heavy atom. The van der Waals surface area contributed by atoms with Gasteiger partial charge in [0, 0.05) is 78.9 Å². The molecule has 164 valence electrons. The third-order valence-electron chi connectivity index (χ3n) is 2.88. The van der Waals surface area contributed by atoms with Gasteiger partial charge in [0.1, 0.15) is 0 Å². The number of carboxylic acid groups (broad SMARTS) is 2. The molecular formula is C20H26O6PdS2.